The molecule has 6 rings (SSSR count). The minimum absolute atomic E-state index is 0.568. The van der Waals surface area contributed by atoms with E-state index >= 15 is 0 Å². The van der Waals surface area contributed by atoms with Gasteiger partial charge in [0.05, 0.1) is 24.9 Å². The quantitative estimate of drug-likeness (QED) is 0.457. The molecule has 1 fully saturated rings. The molecular formula is C26H26N6O. The lowest BCUT2D eigenvalue weighted by Gasteiger charge is -2.34. The number of nitrogens with zero attached hydrogens (tertiary/aromatic N) is 6. The maximum Gasteiger partial charge on any atom is 0.133 e. The lowest BCUT2D eigenvalue weighted by Crippen LogP contribution is -2.46. The number of fused-ring (bicyclic) bond motifs is 1. The average molecular weight is 439 g/mol. The second-order valence-electron chi connectivity index (χ2n) is 8.72. The summed E-state index contributed by atoms with van der Waals surface area (Å²) in [4.78, 5) is 16.3. The number of rotatable bonds is 6. The van der Waals surface area contributed by atoms with E-state index in [4.69, 9.17) is 14.8 Å². The molecule has 0 unspecified atom stereocenters. The molecule has 1 saturated heterocycles. The molecule has 0 atom stereocenters. The van der Waals surface area contributed by atoms with Crippen LogP contribution in [0.1, 0.15) is 29.4 Å². The van der Waals surface area contributed by atoms with Crippen LogP contribution in [0.4, 0.5) is 0 Å². The fraction of sp³-hybridized carbons (Fsp3) is 0.308. The zero-order valence-corrected chi connectivity index (χ0v) is 18.7. The summed E-state index contributed by atoms with van der Waals surface area (Å²) in [6.45, 7) is 6.62. The normalized spacial score (nSPS) is 16.0. The predicted octanol–water partition coefficient (Wildman–Crippen LogP) is 3.73. The molecule has 2 aliphatic heterocycles. The van der Waals surface area contributed by atoms with E-state index < -0.39 is 0 Å². The van der Waals surface area contributed by atoms with Gasteiger partial charge in [-0.1, -0.05) is 18.2 Å². The molecule has 1 aromatic carbocycles. The van der Waals surface area contributed by atoms with Gasteiger partial charge in [-0.05, 0) is 41.8 Å². The molecule has 2 aliphatic rings. The topological polar surface area (TPSA) is 69.0 Å². The Morgan fingerprint density at radius 1 is 1.06 bits per heavy atom. The first kappa shape index (κ1) is 20.2. The van der Waals surface area contributed by atoms with Gasteiger partial charge in [0.25, 0.3) is 0 Å². The first-order valence-electron chi connectivity index (χ1n) is 11.5. The van der Waals surface area contributed by atoms with Crippen molar-refractivity contribution in [3.63, 3.8) is 0 Å². The lowest BCUT2D eigenvalue weighted by atomic mass is 10.0. The van der Waals surface area contributed by atoms with E-state index in [0.717, 1.165) is 61.2 Å². The minimum atomic E-state index is 0.568. The summed E-state index contributed by atoms with van der Waals surface area (Å²) in [5, 5.41) is 4.76. The van der Waals surface area contributed by atoms with Gasteiger partial charge in [0.2, 0.25) is 0 Å². The van der Waals surface area contributed by atoms with E-state index in [0.29, 0.717) is 12.5 Å². The number of aryl methyl sites for hydroxylation is 1. The summed E-state index contributed by atoms with van der Waals surface area (Å²) in [7, 11) is 0. The fourth-order valence-electron chi connectivity index (χ4n) is 4.58. The molecule has 0 N–H and O–H groups in total. The van der Waals surface area contributed by atoms with Crippen LogP contribution in [-0.4, -0.2) is 48.9 Å². The molecule has 0 aliphatic carbocycles. The standard InChI is InChI=1S/C26H26N6O/c1-2-32-15-23(26(30-32)19-4-3-8-27-12-19)24-7-9-28-25(29-24)11-18-5-6-20-13-31(14-21(20)10-18)22-16-33-17-22/h3-10,12,15,22H,2,11,13-14,16-17H2,1H3. The fourth-order valence-corrected chi connectivity index (χ4v) is 4.58. The first-order chi connectivity index (χ1) is 16.3. The summed E-state index contributed by atoms with van der Waals surface area (Å²) < 4.78 is 7.32. The maximum atomic E-state index is 5.37. The van der Waals surface area contributed by atoms with E-state index in [1.165, 1.54) is 16.7 Å². The van der Waals surface area contributed by atoms with Crippen LogP contribution in [0.15, 0.2) is 61.2 Å². The molecule has 7 heteroatoms. The second kappa shape index (κ2) is 8.50. The molecule has 5 heterocycles. The Bertz CT molecular complexity index is 1280. The highest BCUT2D eigenvalue weighted by atomic mass is 16.5. The molecule has 4 aromatic rings. The molecule has 0 radical (unpaired) electrons. The van der Waals surface area contributed by atoms with E-state index in [-0.39, 0.29) is 0 Å². The summed E-state index contributed by atoms with van der Waals surface area (Å²) in [5.74, 6) is 0.816. The maximum absolute atomic E-state index is 5.37. The Kier molecular flexibility index (Phi) is 5.20. The van der Waals surface area contributed by atoms with Gasteiger partial charge in [-0.15, -0.1) is 0 Å². The lowest BCUT2D eigenvalue weighted by molar-refractivity contribution is -0.0669. The van der Waals surface area contributed by atoms with Crippen LogP contribution in [0.25, 0.3) is 22.5 Å². The van der Waals surface area contributed by atoms with Crippen LogP contribution in [0.3, 0.4) is 0 Å². The summed E-state index contributed by atoms with van der Waals surface area (Å²) in [5.41, 5.74) is 7.85. The van der Waals surface area contributed by atoms with Crippen molar-refractivity contribution in [2.24, 2.45) is 0 Å². The second-order valence-corrected chi connectivity index (χ2v) is 8.72. The van der Waals surface area contributed by atoms with Gasteiger partial charge in [0.15, 0.2) is 0 Å². The summed E-state index contributed by atoms with van der Waals surface area (Å²) >= 11 is 0. The Balaban J connectivity index is 1.27. The Hall–Kier alpha value is -3.42. The number of pyridine rings is 1. The molecule has 0 amide bonds. The molecule has 0 bridgehead atoms. The number of ether oxygens (including phenoxy) is 1. The van der Waals surface area contributed by atoms with Crippen molar-refractivity contribution in [3.8, 4) is 22.5 Å². The van der Waals surface area contributed by atoms with E-state index in [1.54, 1.807) is 6.20 Å². The number of benzene rings is 1. The highest BCUT2D eigenvalue weighted by molar-refractivity contribution is 5.78. The van der Waals surface area contributed by atoms with Crippen molar-refractivity contribution in [2.75, 3.05) is 13.2 Å². The SMILES string of the molecule is CCn1cc(-c2ccnc(Cc3ccc4c(c3)CN(C3COC3)C4)n2)c(-c2cccnc2)n1. The number of hydrogen-bond acceptors (Lipinski definition) is 6. The molecule has 166 valence electrons. The van der Waals surface area contributed by atoms with Crippen LogP contribution in [0, 0.1) is 0 Å². The smallest absolute Gasteiger partial charge is 0.133 e. The average Bonchev–Trinajstić information content (AvgIpc) is 3.43. The van der Waals surface area contributed by atoms with Crippen molar-refractivity contribution in [1.29, 1.82) is 0 Å². The molecule has 0 spiro atoms. The monoisotopic (exact) mass is 438 g/mol. The first-order valence-corrected chi connectivity index (χ1v) is 11.5. The Morgan fingerprint density at radius 3 is 2.76 bits per heavy atom. The number of aromatic nitrogens is 5. The van der Waals surface area contributed by atoms with Crippen molar-refractivity contribution < 1.29 is 4.74 Å². The highest BCUT2D eigenvalue weighted by Gasteiger charge is 2.30. The molecule has 3 aromatic heterocycles. The van der Waals surface area contributed by atoms with Gasteiger partial charge in [0.1, 0.15) is 11.5 Å². The van der Waals surface area contributed by atoms with Gasteiger partial charge in [0, 0.05) is 62.0 Å². The Labute approximate surface area is 193 Å². The molecular weight excluding hydrogens is 412 g/mol. The van der Waals surface area contributed by atoms with Crippen LogP contribution in [0.2, 0.25) is 0 Å². The summed E-state index contributed by atoms with van der Waals surface area (Å²) in [6, 6.07) is 13.3. The molecule has 7 nitrogen and oxygen atoms in total. The van der Waals surface area contributed by atoms with E-state index in [9.17, 15) is 0 Å². The van der Waals surface area contributed by atoms with Gasteiger partial charge in [-0.2, -0.15) is 5.10 Å². The van der Waals surface area contributed by atoms with Crippen LogP contribution in [-0.2, 0) is 30.8 Å². The van der Waals surface area contributed by atoms with Crippen molar-refractivity contribution >= 4 is 0 Å². The van der Waals surface area contributed by atoms with Gasteiger partial charge >= 0.3 is 0 Å². The van der Waals surface area contributed by atoms with Crippen LogP contribution < -0.4 is 0 Å². The predicted molar refractivity (Wildman–Crippen MR) is 125 cm³/mol. The Morgan fingerprint density at radius 2 is 1.97 bits per heavy atom. The minimum Gasteiger partial charge on any atom is -0.378 e. The van der Waals surface area contributed by atoms with Crippen molar-refractivity contribution in [2.45, 2.75) is 39.0 Å². The number of hydrogen-bond donors (Lipinski definition) is 0. The summed E-state index contributed by atoms with van der Waals surface area (Å²) in [6.07, 6.45) is 8.23. The van der Waals surface area contributed by atoms with Gasteiger partial charge < -0.3 is 4.74 Å². The van der Waals surface area contributed by atoms with Gasteiger partial charge in [-0.25, -0.2) is 9.97 Å². The molecule has 33 heavy (non-hydrogen) atoms. The van der Waals surface area contributed by atoms with Gasteiger partial charge in [-0.3, -0.25) is 14.6 Å². The van der Waals surface area contributed by atoms with Crippen molar-refractivity contribution in [3.05, 3.63) is 83.7 Å². The van der Waals surface area contributed by atoms with Crippen molar-refractivity contribution in [1.82, 2.24) is 29.6 Å². The zero-order valence-electron chi connectivity index (χ0n) is 18.7. The molecule has 0 saturated carbocycles. The van der Waals surface area contributed by atoms with E-state index in [1.807, 2.05) is 35.3 Å². The zero-order chi connectivity index (χ0) is 22.2. The van der Waals surface area contributed by atoms with E-state index in [2.05, 4.69) is 46.2 Å². The third kappa shape index (κ3) is 3.94. The largest absolute Gasteiger partial charge is 0.378 e. The third-order valence-electron chi connectivity index (χ3n) is 6.52. The highest BCUT2D eigenvalue weighted by Crippen LogP contribution is 2.30. The third-order valence-corrected chi connectivity index (χ3v) is 6.52. The van der Waals surface area contributed by atoms with Crippen LogP contribution in [0.5, 0.6) is 0 Å². The van der Waals surface area contributed by atoms with Crippen LogP contribution >= 0.6 is 0 Å².